The second kappa shape index (κ2) is 5.64. The number of hydrogen-bond acceptors (Lipinski definition) is 3. The molecular weight excluding hydrogens is 250 g/mol. The van der Waals surface area contributed by atoms with Gasteiger partial charge in [0.05, 0.1) is 6.04 Å². The van der Waals surface area contributed by atoms with E-state index in [-0.39, 0.29) is 11.9 Å². The summed E-state index contributed by atoms with van der Waals surface area (Å²) >= 11 is 0. The first-order valence-electron chi connectivity index (χ1n) is 8.38. The molecule has 3 fully saturated rings. The minimum atomic E-state index is 0.00930. The van der Waals surface area contributed by atoms with Gasteiger partial charge in [0.2, 0.25) is 5.91 Å². The molecule has 0 saturated carbocycles. The lowest BCUT2D eigenvalue weighted by Crippen LogP contribution is -2.54. The summed E-state index contributed by atoms with van der Waals surface area (Å²) in [6, 6.07) is 2.75. The Labute approximate surface area is 122 Å². The number of piperidine rings is 1. The van der Waals surface area contributed by atoms with Crippen LogP contribution in [0.1, 0.15) is 59.3 Å². The number of likely N-dealkylation sites (tertiary alicyclic amines) is 1. The van der Waals surface area contributed by atoms with Crippen LogP contribution in [0.4, 0.5) is 0 Å². The van der Waals surface area contributed by atoms with Crippen molar-refractivity contribution in [3.63, 3.8) is 0 Å². The molecule has 0 spiro atoms. The molecule has 5 atom stereocenters. The standard InChI is InChI=1S/C16H29N3O/c1-10-4-5-11(2)19(10)12(3)16(20)18-15-8-13-6-7-14(9-15)17-13/h10-15,17H,4-9H2,1-3H3,(H,18,20). The van der Waals surface area contributed by atoms with Crippen LogP contribution in [0, 0.1) is 0 Å². The van der Waals surface area contributed by atoms with E-state index in [0.717, 1.165) is 12.8 Å². The minimum absolute atomic E-state index is 0.00930. The summed E-state index contributed by atoms with van der Waals surface area (Å²) in [6.45, 7) is 6.57. The normalized spacial score (nSPS) is 42.6. The minimum Gasteiger partial charge on any atom is -0.352 e. The van der Waals surface area contributed by atoms with Crippen molar-refractivity contribution < 1.29 is 4.79 Å². The predicted octanol–water partition coefficient (Wildman–Crippen LogP) is 1.65. The van der Waals surface area contributed by atoms with E-state index < -0.39 is 0 Å². The zero-order chi connectivity index (χ0) is 14.3. The van der Waals surface area contributed by atoms with Crippen LogP contribution in [-0.2, 0) is 4.79 Å². The van der Waals surface area contributed by atoms with Crippen LogP contribution in [0.15, 0.2) is 0 Å². The Morgan fingerprint density at radius 2 is 1.65 bits per heavy atom. The lowest BCUT2D eigenvalue weighted by molar-refractivity contribution is -0.127. The zero-order valence-electron chi connectivity index (χ0n) is 13.1. The average Bonchev–Trinajstić information content (AvgIpc) is 2.91. The largest absolute Gasteiger partial charge is 0.352 e. The number of nitrogens with zero attached hydrogens (tertiary/aromatic N) is 1. The molecule has 0 aliphatic carbocycles. The van der Waals surface area contributed by atoms with Gasteiger partial charge in [0.1, 0.15) is 0 Å². The van der Waals surface area contributed by atoms with Gasteiger partial charge in [-0.1, -0.05) is 0 Å². The van der Waals surface area contributed by atoms with Crippen molar-refractivity contribution in [2.75, 3.05) is 0 Å². The number of rotatable bonds is 3. The fraction of sp³-hybridized carbons (Fsp3) is 0.938. The molecule has 0 aromatic rings. The molecule has 3 heterocycles. The van der Waals surface area contributed by atoms with Crippen LogP contribution >= 0.6 is 0 Å². The third-order valence-corrected chi connectivity index (χ3v) is 5.67. The molecule has 4 nitrogen and oxygen atoms in total. The summed E-state index contributed by atoms with van der Waals surface area (Å²) in [5.41, 5.74) is 0. The van der Waals surface area contributed by atoms with Crippen LogP contribution in [-0.4, -0.2) is 47.1 Å². The Bertz CT molecular complexity index is 351. The van der Waals surface area contributed by atoms with E-state index in [1.165, 1.54) is 25.7 Å². The van der Waals surface area contributed by atoms with Crippen LogP contribution in [0.3, 0.4) is 0 Å². The fourth-order valence-corrected chi connectivity index (χ4v) is 4.61. The maximum absolute atomic E-state index is 12.5. The van der Waals surface area contributed by atoms with E-state index in [1.54, 1.807) is 0 Å². The smallest absolute Gasteiger partial charge is 0.237 e. The third-order valence-electron chi connectivity index (χ3n) is 5.67. The average molecular weight is 279 g/mol. The van der Waals surface area contributed by atoms with Gasteiger partial charge >= 0.3 is 0 Å². The summed E-state index contributed by atoms with van der Waals surface area (Å²) in [6.07, 6.45) is 7.23. The van der Waals surface area contributed by atoms with Gasteiger partial charge < -0.3 is 10.6 Å². The Kier molecular flexibility index (Phi) is 4.04. The number of nitrogens with one attached hydrogen (secondary N) is 2. The molecule has 3 aliphatic heterocycles. The van der Waals surface area contributed by atoms with E-state index in [2.05, 4.69) is 36.3 Å². The van der Waals surface area contributed by atoms with E-state index in [1.807, 2.05) is 0 Å². The summed E-state index contributed by atoms with van der Waals surface area (Å²) in [5.74, 6) is 0.233. The van der Waals surface area contributed by atoms with Crippen molar-refractivity contribution in [2.24, 2.45) is 0 Å². The fourth-order valence-electron chi connectivity index (χ4n) is 4.61. The molecule has 5 unspecified atom stereocenters. The molecular formula is C16H29N3O. The quantitative estimate of drug-likeness (QED) is 0.825. The lowest BCUT2D eigenvalue weighted by Gasteiger charge is -2.35. The number of carbonyl (C=O) groups is 1. The zero-order valence-corrected chi connectivity index (χ0v) is 13.1. The van der Waals surface area contributed by atoms with Crippen molar-refractivity contribution in [2.45, 2.75) is 95.5 Å². The molecule has 2 bridgehead atoms. The maximum atomic E-state index is 12.5. The number of hydrogen-bond donors (Lipinski definition) is 2. The van der Waals surface area contributed by atoms with E-state index in [0.29, 0.717) is 30.2 Å². The Balaban J connectivity index is 1.56. The van der Waals surface area contributed by atoms with E-state index in [9.17, 15) is 4.79 Å². The van der Waals surface area contributed by atoms with Gasteiger partial charge in [-0.15, -0.1) is 0 Å². The summed E-state index contributed by atoms with van der Waals surface area (Å²) < 4.78 is 0. The molecule has 3 saturated heterocycles. The summed E-state index contributed by atoms with van der Waals surface area (Å²) in [4.78, 5) is 14.9. The van der Waals surface area contributed by atoms with Gasteiger partial charge in [0.15, 0.2) is 0 Å². The van der Waals surface area contributed by atoms with E-state index >= 15 is 0 Å². The highest BCUT2D eigenvalue weighted by Crippen LogP contribution is 2.28. The van der Waals surface area contributed by atoms with Crippen molar-refractivity contribution in [1.29, 1.82) is 0 Å². The molecule has 2 N–H and O–H groups in total. The van der Waals surface area contributed by atoms with Gasteiger partial charge in [0, 0.05) is 30.2 Å². The van der Waals surface area contributed by atoms with Gasteiger partial charge in [-0.05, 0) is 59.3 Å². The highest BCUT2D eigenvalue weighted by molar-refractivity contribution is 5.81. The van der Waals surface area contributed by atoms with Crippen molar-refractivity contribution in [1.82, 2.24) is 15.5 Å². The molecule has 0 radical (unpaired) electrons. The predicted molar refractivity (Wildman–Crippen MR) is 80.6 cm³/mol. The van der Waals surface area contributed by atoms with Crippen LogP contribution in [0.2, 0.25) is 0 Å². The van der Waals surface area contributed by atoms with Gasteiger partial charge in [-0.25, -0.2) is 0 Å². The molecule has 20 heavy (non-hydrogen) atoms. The molecule has 0 aromatic carbocycles. The maximum Gasteiger partial charge on any atom is 0.237 e. The summed E-state index contributed by atoms with van der Waals surface area (Å²) in [5, 5.41) is 6.95. The Morgan fingerprint density at radius 3 is 2.20 bits per heavy atom. The first kappa shape index (κ1) is 14.3. The number of amides is 1. The van der Waals surface area contributed by atoms with Gasteiger partial charge in [-0.2, -0.15) is 0 Å². The third kappa shape index (κ3) is 2.73. The van der Waals surface area contributed by atoms with Crippen LogP contribution in [0.25, 0.3) is 0 Å². The summed E-state index contributed by atoms with van der Waals surface area (Å²) in [7, 11) is 0. The lowest BCUT2D eigenvalue weighted by atomic mass is 9.99. The molecule has 3 rings (SSSR count). The Hall–Kier alpha value is -0.610. The molecule has 0 aromatic heterocycles. The van der Waals surface area contributed by atoms with Crippen LogP contribution in [0.5, 0.6) is 0 Å². The SMILES string of the molecule is CC1CCC(C)N1C(C)C(=O)NC1CC2CCC(C1)N2. The second-order valence-corrected chi connectivity index (χ2v) is 7.21. The Morgan fingerprint density at radius 1 is 1.10 bits per heavy atom. The molecule has 4 heteroatoms. The monoisotopic (exact) mass is 279 g/mol. The second-order valence-electron chi connectivity index (χ2n) is 7.21. The topological polar surface area (TPSA) is 44.4 Å². The highest BCUT2D eigenvalue weighted by Gasteiger charge is 2.37. The molecule has 3 aliphatic rings. The van der Waals surface area contributed by atoms with E-state index in [4.69, 9.17) is 0 Å². The molecule has 1 amide bonds. The van der Waals surface area contributed by atoms with Crippen LogP contribution < -0.4 is 10.6 Å². The van der Waals surface area contributed by atoms with Crippen molar-refractivity contribution in [3.8, 4) is 0 Å². The van der Waals surface area contributed by atoms with Crippen molar-refractivity contribution in [3.05, 3.63) is 0 Å². The number of carbonyl (C=O) groups excluding carboxylic acids is 1. The van der Waals surface area contributed by atoms with Crippen molar-refractivity contribution >= 4 is 5.91 Å². The van der Waals surface area contributed by atoms with Gasteiger partial charge in [-0.3, -0.25) is 9.69 Å². The van der Waals surface area contributed by atoms with Gasteiger partial charge in [0.25, 0.3) is 0 Å². The first-order valence-corrected chi connectivity index (χ1v) is 8.38. The number of fused-ring (bicyclic) bond motifs is 2. The molecule has 114 valence electrons. The highest BCUT2D eigenvalue weighted by atomic mass is 16.2. The first-order chi connectivity index (χ1) is 9.54.